The summed E-state index contributed by atoms with van der Waals surface area (Å²) < 4.78 is 73.0. The first-order valence-corrected chi connectivity index (χ1v) is 33.5. The molecule has 2 amide bonds. The van der Waals surface area contributed by atoms with Crippen molar-refractivity contribution in [1.82, 2.24) is 38.2 Å². The van der Waals surface area contributed by atoms with Crippen molar-refractivity contribution in [2.75, 3.05) is 104 Å². The van der Waals surface area contributed by atoms with Crippen LogP contribution >= 0.6 is 0 Å². The third kappa shape index (κ3) is 23.0. The first kappa shape index (κ1) is 85.6. The van der Waals surface area contributed by atoms with Crippen LogP contribution in [0.3, 0.4) is 0 Å². The third-order valence-corrected chi connectivity index (χ3v) is 17.6. The van der Waals surface area contributed by atoms with E-state index in [1.54, 1.807) is 101 Å². The van der Waals surface area contributed by atoms with Crippen LogP contribution in [0.25, 0.3) is 0 Å². The number of carbonyl (C=O) groups excluding carboxylic acids is 2. The Hall–Kier alpha value is -7.06. The van der Waals surface area contributed by atoms with Crippen LogP contribution in [0, 0.1) is 23.7 Å². The topological polar surface area (TPSA) is 405 Å². The SMILES string of the molecule is CC[C@H]1O[C@@H](n2ccc(=O)[nH]c2=O)[C@H](OCCOC)[C@@H]1C.CC[C@H]1O[C@@H](n2ccc(N)nc2=O)[C@H](OCCOC)[C@@H]1C.CC[C@H]1O[C@@H](n2ccc(NC(=O)c3ccccc3)nc2=O)[C@H](OCCOC)[C@@H]1C.COCCO[C@@H]1[C@H](C)[C@@H](CO)O[C@H]1n1ccc(NC(=O)c2ccccc2)nc1=O.[Na+].[OH-]. The number of anilines is 3. The van der Waals surface area contributed by atoms with Crippen LogP contribution in [0.4, 0.5) is 17.5 Å². The van der Waals surface area contributed by atoms with Gasteiger partial charge in [-0.25, -0.2) is 19.2 Å². The minimum Gasteiger partial charge on any atom is -0.870 e. The fraction of sp³-hybridized carbons (Fsp3) is 0.565. The minimum atomic E-state index is -0.738. The number of aliphatic hydroxyl groups is 1. The number of aliphatic hydroxyl groups excluding tert-OH is 1. The first-order chi connectivity index (χ1) is 48.2. The van der Waals surface area contributed by atoms with Crippen molar-refractivity contribution in [3.63, 3.8) is 0 Å². The zero-order valence-corrected chi connectivity index (χ0v) is 62.0. The van der Waals surface area contributed by atoms with Crippen molar-refractivity contribution >= 4 is 29.3 Å². The number of amides is 2. The molecule has 4 aliphatic rings. The number of carbonyl (C=O) groups is 2. The molecule has 8 heterocycles. The maximum absolute atomic E-state index is 12.7. The van der Waals surface area contributed by atoms with Gasteiger partial charge in [-0.2, -0.15) is 15.0 Å². The Labute approximate surface area is 613 Å². The smallest absolute Gasteiger partial charge is 0.870 e. The van der Waals surface area contributed by atoms with Crippen LogP contribution in [0.5, 0.6) is 0 Å². The van der Waals surface area contributed by atoms with E-state index < -0.39 is 65.4 Å². The van der Waals surface area contributed by atoms with Gasteiger partial charge in [0.05, 0.1) is 83.9 Å². The molecule has 102 heavy (non-hydrogen) atoms. The number of hydrogen-bond donors (Lipinski definition) is 5. The Morgan fingerprint density at radius 1 is 0.471 bits per heavy atom. The molecule has 4 aromatic heterocycles. The van der Waals surface area contributed by atoms with E-state index in [-0.39, 0.29) is 131 Å². The number of hydrogen-bond acceptors (Lipinski definition) is 25. The summed E-state index contributed by atoms with van der Waals surface area (Å²) in [6.07, 6.45) is 4.68. The molecule has 4 fully saturated rings. The summed E-state index contributed by atoms with van der Waals surface area (Å²) in [7, 11) is 6.42. The average molecular weight is 1440 g/mol. The number of benzene rings is 2. The van der Waals surface area contributed by atoms with Crippen molar-refractivity contribution in [1.29, 1.82) is 0 Å². The largest absolute Gasteiger partial charge is 1.00 e. The molecule has 0 radical (unpaired) electrons. The maximum Gasteiger partial charge on any atom is 1.00 e. The van der Waals surface area contributed by atoms with Gasteiger partial charge >= 0.3 is 52.3 Å². The number of nitrogens with zero attached hydrogens (tertiary/aromatic N) is 7. The summed E-state index contributed by atoms with van der Waals surface area (Å²) >= 11 is 0. The molecule has 10 rings (SSSR count). The number of methoxy groups -OCH3 is 4. The Bertz CT molecular complexity index is 3650. The van der Waals surface area contributed by atoms with Gasteiger partial charge < -0.3 is 83.8 Å². The second-order valence-electron chi connectivity index (χ2n) is 24.1. The van der Waals surface area contributed by atoms with Crippen LogP contribution in [0.15, 0.2) is 134 Å². The Balaban J connectivity index is 0.000000246. The van der Waals surface area contributed by atoms with Crippen LogP contribution in [-0.2, 0) is 56.8 Å². The van der Waals surface area contributed by atoms with Crippen molar-refractivity contribution in [2.24, 2.45) is 23.7 Å². The van der Waals surface area contributed by atoms with E-state index in [1.807, 2.05) is 39.8 Å². The van der Waals surface area contributed by atoms with Crippen molar-refractivity contribution < 1.29 is 107 Å². The van der Waals surface area contributed by atoms with Gasteiger partial charge in [-0.05, 0) is 61.7 Å². The second kappa shape index (κ2) is 43.3. The molecular weight excluding hydrogens is 1340 g/mol. The summed E-state index contributed by atoms with van der Waals surface area (Å²) in [5.74, 6) is 0.160. The van der Waals surface area contributed by atoms with Crippen LogP contribution < -0.4 is 74.2 Å². The normalized spacial score (nSPS) is 25.5. The van der Waals surface area contributed by atoms with E-state index in [0.717, 1.165) is 19.3 Å². The number of aromatic nitrogens is 8. The monoisotopic (exact) mass is 1440 g/mol. The molecule has 0 spiro atoms. The molecule has 6 aromatic rings. The standard InChI is InChI=1S/C21H27N3O5.C20H25N3O6.C14H23N3O4.C14H22N2O5.Na.H2O/c1-4-16-14(2)18(28-13-12-27-3)20(29-16)24-11-10-17(23-21(24)26)22-19(25)15-8-6-5-7-9-15;1-13-15(12-24)29-19(17(13)28-11-10-27-2)23-9-8-16(22-20(23)26)21-18(25)14-6-4-3-5-7-14;1-4-10-9(2)12(20-8-7-19-3)13(21-10)17-6-5-11(15)16-14(17)18;1-4-10-9(2)12(20-8-7-19-3)13(21-10)16-6-5-11(17)15-14(16)18;;/h5-11,14,16,18,20H,4,12-13H2,1-3H3,(H,22,23,25,26);3-9,13,15,17,19,24H,10-12H2,1-2H3,(H,21,22,25,26);5-6,9-10,12-13H,4,7-8H2,1-3H3,(H2,15,16,18);5-6,9-10,12-13H,4,7-8H2,1-3H3,(H,15,17,18);;1H2/q;;;;+1;/p-1/t14-,16-,18-,20-;13-,15-,17-,19-;2*9-,10-,12-,13-;;/m1111../s1. The number of H-pyrrole nitrogens is 1. The van der Waals surface area contributed by atoms with Crippen LogP contribution in [0.1, 0.15) is 113 Å². The van der Waals surface area contributed by atoms with E-state index in [4.69, 9.17) is 62.6 Å². The Morgan fingerprint density at radius 2 is 0.784 bits per heavy atom. The van der Waals surface area contributed by atoms with Crippen LogP contribution in [0.2, 0.25) is 0 Å². The zero-order chi connectivity index (χ0) is 72.4. The molecule has 0 saturated carbocycles. The number of nitrogens with two attached hydrogens (primary N) is 1. The summed E-state index contributed by atoms with van der Waals surface area (Å²) in [6.45, 7) is 17.5. The predicted molar refractivity (Wildman–Crippen MR) is 369 cm³/mol. The molecule has 4 aliphatic heterocycles. The second-order valence-corrected chi connectivity index (χ2v) is 24.1. The number of aromatic amines is 1. The molecule has 32 nitrogen and oxygen atoms in total. The fourth-order valence-electron chi connectivity index (χ4n) is 12.1. The number of ether oxygens (including phenoxy) is 12. The number of rotatable bonds is 28. The molecule has 4 saturated heterocycles. The number of nitrogen functional groups attached to an aromatic ring is 1. The first-order valence-electron chi connectivity index (χ1n) is 33.5. The van der Waals surface area contributed by atoms with Crippen molar-refractivity contribution in [3.05, 3.63) is 173 Å². The molecular formula is C69H98N11NaO21. The van der Waals surface area contributed by atoms with E-state index in [1.165, 1.54) is 42.8 Å². The summed E-state index contributed by atoms with van der Waals surface area (Å²) in [6, 6.07) is 23.4. The molecule has 0 aliphatic carbocycles. The van der Waals surface area contributed by atoms with Gasteiger partial charge in [0.15, 0.2) is 24.9 Å². The Morgan fingerprint density at radius 3 is 1.10 bits per heavy atom. The van der Waals surface area contributed by atoms with E-state index in [2.05, 4.69) is 51.3 Å². The van der Waals surface area contributed by atoms with Crippen molar-refractivity contribution in [3.8, 4) is 0 Å². The summed E-state index contributed by atoms with van der Waals surface area (Å²) in [4.78, 5) is 98.9. The molecule has 33 heteroatoms. The average Bonchev–Trinajstić information content (AvgIpc) is 1.65. The van der Waals surface area contributed by atoms with E-state index in [9.17, 15) is 38.7 Å². The molecule has 2 aromatic carbocycles. The molecule has 0 bridgehead atoms. The van der Waals surface area contributed by atoms with Gasteiger partial charge in [0.2, 0.25) is 0 Å². The van der Waals surface area contributed by atoms with Gasteiger partial charge in [-0.1, -0.05) is 84.9 Å². The van der Waals surface area contributed by atoms with Crippen LogP contribution in [-0.4, -0.2) is 197 Å². The van der Waals surface area contributed by atoms with Gasteiger partial charge in [-0.3, -0.25) is 37.6 Å². The van der Waals surface area contributed by atoms with Gasteiger partial charge in [-0.15, -0.1) is 0 Å². The summed E-state index contributed by atoms with van der Waals surface area (Å²) in [5, 5.41) is 14.8. The van der Waals surface area contributed by atoms with E-state index in [0.29, 0.717) is 64.0 Å². The van der Waals surface area contributed by atoms with Gasteiger partial charge in [0.1, 0.15) is 41.9 Å². The number of nitrogens with one attached hydrogen (secondary N) is 3. The minimum absolute atomic E-state index is 0. The Kier molecular flexibility index (Phi) is 36.3. The molecule has 556 valence electrons. The summed E-state index contributed by atoms with van der Waals surface area (Å²) in [5.41, 5.74) is 4.04. The molecule has 0 unspecified atom stereocenters. The third-order valence-electron chi connectivity index (χ3n) is 17.6. The van der Waals surface area contributed by atoms with E-state index >= 15 is 0 Å². The van der Waals surface area contributed by atoms with Gasteiger partial charge in [0, 0.05) is 94.1 Å². The fourth-order valence-corrected chi connectivity index (χ4v) is 12.1. The molecule has 7 N–H and O–H groups in total. The molecule has 16 atom stereocenters. The van der Waals surface area contributed by atoms with Crippen molar-refractivity contribution in [2.45, 2.75) is 141 Å². The van der Waals surface area contributed by atoms with Gasteiger partial charge in [0.25, 0.3) is 17.4 Å². The quantitative estimate of drug-likeness (QED) is 0.0344. The maximum atomic E-state index is 12.7. The zero-order valence-electron chi connectivity index (χ0n) is 60.0. The predicted octanol–water partition coefficient (Wildman–Crippen LogP) is 1.66.